The van der Waals surface area contributed by atoms with Crippen LogP contribution < -0.4 is 5.32 Å². The molecule has 24 heavy (non-hydrogen) atoms. The fourth-order valence-corrected chi connectivity index (χ4v) is 2.89. The minimum atomic E-state index is -0.428. The molecule has 1 unspecified atom stereocenters. The van der Waals surface area contributed by atoms with Gasteiger partial charge in [-0.3, -0.25) is 4.79 Å². The van der Waals surface area contributed by atoms with Crippen molar-refractivity contribution < 1.29 is 14.3 Å². The van der Waals surface area contributed by atoms with E-state index in [0.29, 0.717) is 25.2 Å². The molecule has 1 fully saturated rings. The number of halogens is 1. The van der Waals surface area contributed by atoms with Gasteiger partial charge >= 0.3 is 0 Å². The molecule has 1 aliphatic heterocycles. The molecule has 0 saturated carbocycles. The fourth-order valence-electron chi connectivity index (χ4n) is 2.89. The normalized spacial score (nSPS) is 17.6. The van der Waals surface area contributed by atoms with E-state index in [1.54, 1.807) is 23.1 Å². The first-order chi connectivity index (χ1) is 11.6. The van der Waals surface area contributed by atoms with Crippen molar-refractivity contribution in [3.8, 4) is 0 Å². The molecule has 1 amide bonds. The molecule has 0 spiro atoms. The quantitative estimate of drug-likeness (QED) is 0.907. The third kappa shape index (κ3) is 4.11. The molecule has 4 nitrogen and oxygen atoms in total. The summed E-state index contributed by atoms with van der Waals surface area (Å²) in [6.07, 6.45) is 1.15. The van der Waals surface area contributed by atoms with Gasteiger partial charge in [-0.15, -0.1) is 0 Å². The minimum Gasteiger partial charge on any atom is -0.391 e. The Morgan fingerprint density at radius 1 is 1.25 bits per heavy atom. The van der Waals surface area contributed by atoms with Crippen LogP contribution in [0.3, 0.4) is 0 Å². The maximum absolute atomic E-state index is 12.9. The van der Waals surface area contributed by atoms with Crippen molar-refractivity contribution in [3.63, 3.8) is 0 Å². The molecule has 2 aromatic rings. The number of β-amino-alcohol motifs (C(OH)–C–C–N with tert-alkyl or cyclic N) is 1. The Balaban J connectivity index is 1.65. The monoisotopic (exact) mass is 328 g/mol. The van der Waals surface area contributed by atoms with Crippen LogP contribution in [0, 0.1) is 5.82 Å². The van der Waals surface area contributed by atoms with E-state index in [4.69, 9.17) is 0 Å². The summed E-state index contributed by atoms with van der Waals surface area (Å²) < 4.78 is 12.9. The average Bonchev–Trinajstić information content (AvgIpc) is 2.61. The summed E-state index contributed by atoms with van der Waals surface area (Å²) >= 11 is 0. The smallest absolute Gasteiger partial charge is 0.254 e. The van der Waals surface area contributed by atoms with E-state index < -0.39 is 6.10 Å². The highest BCUT2D eigenvalue weighted by Gasteiger charge is 2.23. The van der Waals surface area contributed by atoms with Crippen molar-refractivity contribution in [2.75, 3.05) is 18.4 Å². The summed E-state index contributed by atoms with van der Waals surface area (Å²) in [5, 5.41) is 13.0. The molecular formula is C19H21FN2O2. The van der Waals surface area contributed by atoms with Crippen LogP contribution in [0.25, 0.3) is 0 Å². The molecule has 0 aromatic heterocycles. The molecule has 2 N–H and O–H groups in total. The van der Waals surface area contributed by atoms with Gasteiger partial charge in [0.05, 0.1) is 6.10 Å². The molecule has 0 radical (unpaired) electrons. The van der Waals surface area contributed by atoms with Crippen LogP contribution in [0.4, 0.5) is 10.1 Å². The second-order valence-corrected chi connectivity index (χ2v) is 6.11. The van der Waals surface area contributed by atoms with Gasteiger partial charge in [0.2, 0.25) is 0 Å². The number of carbonyl (C=O) groups excluding carboxylic acids is 1. The Morgan fingerprint density at radius 2 is 2.04 bits per heavy atom. The van der Waals surface area contributed by atoms with E-state index in [1.165, 1.54) is 12.1 Å². The van der Waals surface area contributed by atoms with Gasteiger partial charge in [0.1, 0.15) is 5.82 Å². The van der Waals surface area contributed by atoms with Gasteiger partial charge in [0, 0.05) is 30.9 Å². The highest BCUT2D eigenvalue weighted by atomic mass is 19.1. The van der Waals surface area contributed by atoms with Crippen molar-refractivity contribution in [1.82, 2.24) is 4.90 Å². The van der Waals surface area contributed by atoms with Crippen molar-refractivity contribution in [2.24, 2.45) is 0 Å². The Kier molecular flexibility index (Phi) is 5.11. The number of nitrogens with zero attached hydrogens (tertiary/aromatic N) is 1. The molecule has 0 bridgehead atoms. The Bertz CT molecular complexity index is 703. The zero-order valence-corrected chi connectivity index (χ0v) is 13.4. The van der Waals surface area contributed by atoms with E-state index in [-0.39, 0.29) is 11.7 Å². The van der Waals surface area contributed by atoms with Crippen molar-refractivity contribution in [1.29, 1.82) is 0 Å². The van der Waals surface area contributed by atoms with Crippen LogP contribution in [0.2, 0.25) is 0 Å². The van der Waals surface area contributed by atoms with Crippen LogP contribution in [-0.4, -0.2) is 35.1 Å². The van der Waals surface area contributed by atoms with Crippen molar-refractivity contribution in [2.45, 2.75) is 25.5 Å². The van der Waals surface area contributed by atoms with E-state index in [2.05, 4.69) is 5.32 Å². The molecule has 3 rings (SSSR count). The minimum absolute atomic E-state index is 0.0563. The first kappa shape index (κ1) is 16.5. The maximum Gasteiger partial charge on any atom is 0.254 e. The third-order valence-corrected chi connectivity index (χ3v) is 4.20. The summed E-state index contributed by atoms with van der Waals surface area (Å²) in [6, 6.07) is 13.6. The number of aliphatic hydroxyl groups is 1. The maximum atomic E-state index is 12.9. The zero-order chi connectivity index (χ0) is 16.9. The van der Waals surface area contributed by atoms with Gasteiger partial charge in [0.25, 0.3) is 5.91 Å². The largest absolute Gasteiger partial charge is 0.391 e. The molecule has 0 aliphatic carbocycles. The molecule has 1 aliphatic rings. The predicted molar refractivity (Wildman–Crippen MR) is 91.3 cm³/mol. The van der Waals surface area contributed by atoms with E-state index >= 15 is 0 Å². The summed E-state index contributed by atoms with van der Waals surface area (Å²) in [5.41, 5.74) is 2.41. The zero-order valence-electron chi connectivity index (χ0n) is 13.4. The standard InChI is InChI=1S/C19H21FN2O2/c20-16-8-6-14(7-9-16)12-21-17-4-1-3-15(11-17)19(24)22-10-2-5-18(23)13-22/h1,3-4,6-9,11,18,21,23H,2,5,10,12-13H2. The lowest BCUT2D eigenvalue weighted by Crippen LogP contribution is -2.42. The SMILES string of the molecule is O=C(c1cccc(NCc2ccc(F)cc2)c1)N1CCCC(O)C1. The van der Waals surface area contributed by atoms with Crippen molar-refractivity contribution >= 4 is 11.6 Å². The average molecular weight is 328 g/mol. The number of benzene rings is 2. The van der Waals surface area contributed by atoms with Crippen molar-refractivity contribution in [3.05, 3.63) is 65.5 Å². The van der Waals surface area contributed by atoms with Crippen LogP contribution in [0.1, 0.15) is 28.8 Å². The molecule has 1 heterocycles. The number of carbonyl (C=O) groups is 1. The number of nitrogens with one attached hydrogen (secondary N) is 1. The summed E-state index contributed by atoms with van der Waals surface area (Å²) in [5.74, 6) is -0.311. The van der Waals surface area contributed by atoms with Gasteiger partial charge < -0.3 is 15.3 Å². The van der Waals surface area contributed by atoms with Gasteiger partial charge in [-0.2, -0.15) is 0 Å². The summed E-state index contributed by atoms with van der Waals surface area (Å²) in [4.78, 5) is 14.3. The van der Waals surface area contributed by atoms with E-state index in [9.17, 15) is 14.3 Å². The highest BCUT2D eigenvalue weighted by molar-refractivity contribution is 5.95. The van der Waals surface area contributed by atoms with Gasteiger partial charge in [-0.25, -0.2) is 4.39 Å². The lowest BCUT2D eigenvalue weighted by Gasteiger charge is -2.30. The lowest BCUT2D eigenvalue weighted by molar-refractivity contribution is 0.0474. The Labute approximate surface area is 140 Å². The number of piperidine rings is 1. The Morgan fingerprint density at radius 3 is 2.79 bits per heavy atom. The Hall–Kier alpha value is -2.40. The number of hydrogen-bond acceptors (Lipinski definition) is 3. The molecule has 126 valence electrons. The topological polar surface area (TPSA) is 52.6 Å². The predicted octanol–water partition coefficient (Wildman–Crippen LogP) is 3.03. The number of anilines is 1. The number of hydrogen-bond donors (Lipinski definition) is 2. The number of aliphatic hydroxyl groups excluding tert-OH is 1. The van der Waals surface area contributed by atoms with Gasteiger partial charge in [-0.1, -0.05) is 18.2 Å². The first-order valence-electron chi connectivity index (χ1n) is 8.17. The molecule has 1 atom stereocenters. The van der Waals surface area contributed by atoms with Crippen LogP contribution >= 0.6 is 0 Å². The number of likely N-dealkylation sites (tertiary alicyclic amines) is 1. The molecular weight excluding hydrogens is 307 g/mol. The molecule has 5 heteroatoms. The van der Waals surface area contributed by atoms with Crippen LogP contribution in [0.5, 0.6) is 0 Å². The van der Waals surface area contributed by atoms with Crippen LogP contribution in [-0.2, 0) is 6.54 Å². The lowest BCUT2D eigenvalue weighted by atomic mass is 10.1. The van der Waals surface area contributed by atoms with E-state index in [1.807, 2.05) is 18.2 Å². The number of amides is 1. The van der Waals surface area contributed by atoms with Gasteiger partial charge in [0.15, 0.2) is 0 Å². The third-order valence-electron chi connectivity index (χ3n) is 4.20. The van der Waals surface area contributed by atoms with Gasteiger partial charge in [-0.05, 0) is 48.7 Å². The summed E-state index contributed by atoms with van der Waals surface area (Å²) in [7, 11) is 0. The summed E-state index contributed by atoms with van der Waals surface area (Å²) in [6.45, 7) is 1.63. The first-order valence-corrected chi connectivity index (χ1v) is 8.17. The molecule has 2 aromatic carbocycles. The van der Waals surface area contributed by atoms with E-state index in [0.717, 1.165) is 24.1 Å². The second kappa shape index (κ2) is 7.45. The highest BCUT2D eigenvalue weighted by Crippen LogP contribution is 2.17. The number of rotatable bonds is 4. The second-order valence-electron chi connectivity index (χ2n) is 6.11. The fraction of sp³-hybridized carbons (Fsp3) is 0.316. The van der Waals surface area contributed by atoms with Crippen LogP contribution in [0.15, 0.2) is 48.5 Å². The molecule has 1 saturated heterocycles.